The summed E-state index contributed by atoms with van der Waals surface area (Å²) in [4.78, 5) is 30.7. The maximum Gasteiger partial charge on any atom is 0.261 e. The van der Waals surface area contributed by atoms with E-state index in [9.17, 15) is 9.59 Å². The fourth-order valence-corrected chi connectivity index (χ4v) is 4.22. The van der Waals surface area contributed by atoms with E-state index in [1.165, 1.54) is 11.3 Å². The highest BCUT2D eigenvalue weighted by atomic mass is 32.2. The molecule has 1 aliphatic rings. The Kier molecular flexibility index (Phi) is 6.71. The zero-order valence-corrected chi connectivity index (χ0v) is 16.4. The molecule has 0 bridgehead atoms. The number of nitrogens with one attached hydrogen (secondary N) is 1. The Morgan fingerprint density at radius 2 is 1.88 bits per heavy atom. The first-order valence-corrected chi connectivity index (χ1v) is 10.8. The molecule has 2 amide bonds. The monoisotopic (exact) mass is 389 g/mol. The molecule has 1 aliphatic heterocycles. The highest BCUT2D eigenvalue weighted by Crippen LogP contribution is 2.21. The van der Waals surface area contributed by atoms with E-state index in [0.29, 0.717) is 6.54 Å². The number of carbonyl (C=O) groups excluding carboxylic acids is 2. The van der Waals surface area contributed by atoms with Gasteiger partial charge in [-0.25, -0.2) is 0 Å². The summed E-state index contributed by atoms with van der Waals surface area (Å²) in [5.41, 5.74) is 0.789. The van der Waals surface area contributed by atoms with Crippen molar-refractivity contribution in [2.75, 3.05) is 45.5 Å². The standard InChI is InChI=1S/C19H23N3O2S2/c1-25-16-6-3-2-5-15(16)19(24)22-12-10-21(11-13-22)9-8-20-18(23)17-7-4-14-26-17/h2-7,14H,8-13H2,1H3,(H,20,23). The lowest BCUT2D eigenvalue weighted by molar-refractivity contribution is 0.0634. The molecule has 7 heteroatoms. The van der Waals surface area contributed by atoms with Crippen LogP contribution < -0.4 is 5.32 Å². The van der Waals surface area contributed by atoms with Gasteiger partial charge in [0.15, 0.2) is 0 Å². The fraction of sp³-hybridized carbons (Fsp3) is 0.368. The van der Waals surface area contributed by atoms with Crippen molar-refractivity contribution in [3.63, 3.8) is 0 Å². The molecular weight excluding hydrogens is 366 g/mol. The van der Waals surface area contributed by atoms with Gasteiger partial charge >= 0.3 is 0 Å². The van der Waals surface area contributed by atoms with Crippen LogP contribution in [0.25, 0.3) is 0 Å². The summed E-state index contributed by atoms with van der Waals surface area (Å²) < 4.78 is 0. The summed E-state index contributed by atoms with van der Waals surface area (Å²) in [6.07, 6.45) is 1.99. The molecule has 26 heavy (non-hydrogen) atoms. The van der Waals surface area contributed by atoms with Crippen LogP contribution in [-0.2, 0) is 0 Å². The van der Waals surface area contributed by atoms with E-state index in [4.69, 9.17) is 0 Å². The van der Waals surface area contributed by atoms with Gasteiger partial charge in [0.25, 0.3) is 11.8 Å². The lowest BCUT2D eigenvalue weighted by atomic mass is 10.2. The maximum atomic E-state index is 12.8. The number of hydrogen-bond donors (Lipinski definition) is 1. The van der Waals surface area contributed by atoms with Crippen molar-refractivity contribution >= 4 is 34.9 Å². The number of amides is 2. The van der Waals surface area contributed by atoms with E-state index in [1.807, 2.05) is 52.9 Å². The minimum atomic E-state index is -0.0116. The molecule has 0 aliphatic carbocycles. The Morgan fingerprint density at radius 3 is 2.58 bits per heavy atom. The zero-order valence-electron chi connectivity index (χ0n) is 14.8. The predicted octanol–water partition coefficient (Wildman–Crippen LogP) is 2.66. The van der Waals surface area contributed by atoms with Crippen molar-refractivity contribution in [1.29, 1.82) is 0 Å². The molecule has 2 heterocycles. The SMILES string of the molecule is CSc1ccccc1C(=O)N1CCN(CCNC(=O)c2cccs2)CC1. The minimum absolute atomic E-state index is 0.0116. The number of thioether (sulfide) groups is 1. The second kappa shape index (κ2) is 9.21. The lowest BCUT2D eigenvalue weighted by Gasteiger charge is -2.35. The first-order chi connectivity index (χ1) is 12.7. The Balaban J connectivity index is 1.44. The quantitative estimate of drug-likeness (QED) is 0.772. The van der Waals surface area contributed by atoms with E-state index >= 15 is 0 Å². The summed E-state index contributed by atoms with van der Waals surface area (Å²) in [6.45, 7) is 4.55. The van der Waals surface area contributed by atoms with Crippen molar-refractivity contribution < 1.29 is 9.59 Å². The van der Waals surface area contributed by atoms with Gasteiger partial charge < -0.3 is 10.2 Å². The molecule has 0 atom stereocenters. The van der Waals surface area contributed by atoms with Crippen LogP contribution in [-0.4, -0.2) is 67.1 Å². The summed E-state index contributed by atoms with van der Waals surface area (Å²) in [6, 6.07) is 11.5. The van der Waals surface area contributed by atoms with Gasteiger partial charge in [-0.05, 0) is 29.8 Å². The van der Waals surface area contributed by atoms with Crippen LogP contribution in [0.3, 0.4) is 0 Å². The first-order valence-electron chi connectivity index (χ1n) is 8.65. The van der Waals surface area contributed by atoms with Crippen LogP contribution in [0, 0.1) is 0 Å². The zero-order chi connectivity index (χ0) is 18.4. The van der Waals surface area contributed by atoms with Crippen molar-refractivity contribution in [2.24, 2.45) is 0 Å². The van der Waals surface area contributed by atoms with Gasteiger partial charge in [0.1, 0.15) is 0 Å². The second-order valence-electron chi connectivity index (χ2n) is 6.07. The van der Waals surface area contributed by atoms with Crippen molar-refractivity contribution in [2.45, 2.75) is 4.90 Å². The van der Waals surface area contributed by atoms with Crippen LogP contribution in [0.5, 0.6) is 0 Å². The molecule has 3 rings (SSSR count). The predicted molar refractivity (Wildman–Crippen MR) is 107 cm³/mol. The molecule has 1 saturated heterocycles. The molecule has 1 N–H and O–H groups in total. The van der Waals surface area contributed by atoms with Crippen molar-refractivity contribution in [3.05, 3.63) is 52.2 Å². The van der Waals surface area contributed by atoms with Crippen LogP contribution in [0.4, 0.5) is 0 Å². The summed E-state index contributed by atoms with van der Waals surface area (Å²) in [5, 5.41) is 4.86. The number of carbonyl (C=O) groups is 2. The molecule has 1 aromatic heterocycles. The number of benzene rings is 1. The van der Waals surface area contributed by atoms with Crippen molar-refractivity contribution in [1.82, 2.24) is 15.1 Å². The Bertz CT molecular complexity index is 741. The van der Waals surface area contributed by atoms with Gasteiger partial charge in [-0.3, -0.25) is 14.5 Å². The van der Waals surface area contributed by atoms with E-state index in [2.05, 4.69) is 10.2 Å². The normalized spacial score (nSPS) is 15.0. The Morgan fingerprint density at radius 1 is 1.12 bits per heavy atom. The van der Waals surface area contributed by atoms with Gasteiger partial charge in [0, 0.05) is 44.2 Å². The Labute approximate surface area is 162 Å². The van der Waals surface area contributed by atoms with Crippen LogP contribution in [0.2, 0.25) is 0 Å². The van der Waals surface area contributed by atoms with E-state index in [1.54, 1.807) is 11.8 Å². The molecule has 0 spiro atoms. The number of piperazine rings is 1. The van der Waals surface area contributed by atoms with E-state index in [-0.39, 0.29) is 11.8 Å². The molecule has 0 radical (unpaired) electrons. The fourth-order valence-electron chi connectivity index (χ4n) is 2.99. The first kappa shape index (κ1) is 18.9. The highest BCUT2D eigenvalue weighted by Gasteiger charge is 2.23. The molecule has 5 nitrogen and oxygen atoms in total. The van der Waals surface area contributed by atoms with Gasteiger partial charge in [0.2, 0.25) is 0 Å². The third-order valence-electron chi connectivity index (χ3n) is 4.46. The van der Waals surface area contributed by atoms with Crippen LogP contribution in [0.1, 0.15) is 20.0 Å². The Hall–Kier alpha value is -1.83. The average Bonchev–Trinajstić information content (AvgIpc) is 3.23. The average molecular weight is 390 g/mol. The number of nitrogens with zero attached hydrogens (tertiary/aromatic N) is 2. The molecule has 1 aromatic carbocycles. The topological polar surface area (TPSA) is 52.7 Å². The highest BCUT2D eigenvalue weighted by molar-refractivity contribution is 7.98. The van der Waals surface area contributed by atoms with E-state index < -0.39 is 0 Å². The second-order valence-corrected chi connectivity index (χ2v) is 7.86. The van der Waals surface area contributed by atoms with Crippen LogP contribution >= 0.6 is 23.1 Å². The van der Waals surface area contributed by atoms with Gasteiger partial charge in [-0.15, -0.1) is 23.1 Å². The van der Waals surface area contributed by atoms with Gasteiger partial charge in [-0.1, -0.05) is 18.2 Å². The maximum absolute atomic E-state index is 12.8. The summed E-state index contributed by atoms with van der Waals surface area (Å²) in [7, 11) is 0. The number of rotatable bonds is 6. The largest absolute Gasteiger partial charge is 0.350 e. The minimum Gasteiger partial charge on any atom is -0.350 e. The molecule has 0 unspecified atom stereocenters. The molecular formula is C19H23N3O2S2. The van der Waals surface area contributed by atoms with Gasteiger partial charge in [-0.2, -0.15) is 0 Å². The third kappa shape index (κ3) is 4.66. The molecule has 0 saturated carbocycles. The van der Waals surface area contributed by atoms with Crippen LogP contribution in [0.15, 0.2) is 46.7 Å². The molecule has 2 aromatic rings. The summed E-state index contributed by atoms with van der Waals surface area (Å²) in [5.74, 6) is 0.100. The number of thiophene rings is 1. The molecule has 138 valence electrons. The van der Waals surface area contributed by atoms with Gasteiger partial charge in [0.05, 0.1) is 10.4 Å². The summed E-state index contributed by atoms with van der Waals surface area (Å²) >= 11 is 3.05. The van der Waals surface area contributed by atoms with Crippen molar-refractivity contribution in [3.8, 4) is 0 Å². The van der Waals surface area contributed by atoms with E-state index in [0.717, 1.165) is 48.1 Å². The smallest absolute Gasteiger partial charge is 0.261 e. The number of hydrogen-bond acceptors (Lipinski definition) is 5. The molecule has 1 fully saturated rings. The third-order valence-corrected chi connectivity index (χ3v) is 6.12. The lowest BCUT2D eigenvalue weighted by Crippen LogP contribution is -2.50.